The lowest BCUT2D eigenvalue weighted by molar-refractivity contribution is 0.160. The van der Waals surface area contributed by atoms with E-state index in [0.717, 1.165) is 11.3 Å². The number of para-hydroxylation sites is 1. The summed E-state index contributed by atoms with van der Waals surface area (Å²) in [5.74, 6) is 0. The van der Waals surface area contributed by atoms with E-state index in [1.807, 2.05) is 24.3 Å². The van der Waals surface area contributed by atoms with Gasteiger partial charge in [-0.15, -0.1) is 0 Å². The standard InChI is InChI=1S/C7H6ClNO/c8-9-7-4-2-1-3-6(7)5-10-9/h1-4H,5H2. The first-order valence-electron chi connectivity index (χ1n) is 3.04. The number of rotatable bonds is 0. The van der Waals surface area contributed by atoms with Gasteiger partial charge in [0.2, 0.25) is 0 Å². The third-order valence-electron chi connectivity index (χ3n) is 1.51. The van der Waals surface area contributed by atoms with Crippen molar-refractivity contribution in [3.05, 3.63) is 29.8 Å². The normalized spacial score (nSPS) is 15.5. The first-order chi connectivity index (χ1) is 4.88. The number of hydrogen-bond acceptors (Lipinski definition) is 2. The Kier molecular flexibility index (Phi) is 1.29. The number of benzene rings is 1. The second-order valence-corrected chi connectivity index (χ2v) is 2.45. The average Bonchev–Trinajstić information content (AvgIpc) is 2.34. The number of nitrogens with zero attached hydrogens (tertiary/aromatic N) is 1. The maximum atomic E-state index is 5.65. The van der Waals surface area contributed by atoms with Crippen molar-refractivity contribution in [1.29, 1.82) is 0 Å². The first-order valence-corrected chi connectivity index (χ1v) is 3.38. The van der Waals surface area contributed by atoms with Gasteiger partial charge in [0.25, 0.3) is 0 Å². The second-order valence-electron chi connectivity index (χ2n) is 2.15. The topological polar surface area (TPSA) is 12.5 Å². The number of anilines is 1. The molecule has 1 aliphatic heterocycles. The Balaban J connectivity index is 2.51. The molecule has 0 aromatic heterocycles. The Morgan fingerprint density at radius 2 is 2.20 bits per heavy atom. The van der Waals surface area contributed by atoms with Crippen LogP contribution in [0.4, 0.5) is 5.69 Å². The van der Waals surface area contributed by atoms with Crippen molar-refractivity contribution in [2.75, 3.05) is 4.58 Å². The van der Waals surface area contributed by atoms with E-state index in [4.69, 9.17) is 16.6 Å². The summed E-state index contributed by atoms with van der Waals surface area (Å²) in [7, 11) is 0. The molecule has 1 heterocycles. The molecule has 2 rings (SSSR count). The molecule has 0 amide bonds. The van der Waals surface area contributed by atoms with Gasteiger partial charge in [0.05, 0.1) is 5.69 Å². The molecule has 0 saturated carbocycles. The highest BCUT2D eigenvalue weighted by Crippen LogP contribution is 2.29. The predicted octanol–water partition coefficient (Wildman–Crippen LogP) is 2.09. The summed E-state index contributed by atoms with van der Waals surface area (Å²) in [5, 5.41) is 0. The highest BCUT2D eigenvalue weighted by atomic mass is 35.5. The molecule has 0 atom stereocenters. The van der Waals surface area contributed by atoms with Gasteiger partial charge < -0.3 is 0 Å². The van der Waals surface area contributed by atoms with E-state index in [1.54, 1.807) is 0 Å². The van der Waals surface area contributed by atoms with Crippen LogP contribution < -0.4 is 4.58 Å². The van der Waals surface area contributed by atoms with Crippen molar-refractivity contribution in [1.82, 2.24) is 0 Å². The largest absolute Gasteiger partial charge is 0.253 e. The van der Waals surface area contributed by atoms with Gasteiger partial charge in [0.15, 0.2) is 0 Å². The molecule has 10 heavy (non-hydrogen) atoms. The van der Waals surface area contributed by atoms with Gasteiger partial charge in [0, 0.05) is 17.3 Å². The van der Waals surface area contributed by atoms with E-state index in [0.29, 0.717) is 6.61 Å². The van der Waals surface area contributed by atoms with Crippen LogP contribution in [0, 0.1) is 0 Å². The number of hydrogen-bond donors (Lipinski definition) is 0. The Labute approximate surface area is 64.0 Å². The minimum atomic E-state index is 0.583. The van der Waals surface area contributed by atoms with Crippen molar-refractivity contribution in [2.45, 2.75) is 6.61 Å². The summed E-state index contributed by atoms with van der Waals surface area (Å²) in [6.45, 7) is 0.583. The Hall–Kier alpha value is -0.730. The van der Waals surface area contributed by atoms with Crippen LogP contribution in [0.15, 0.2) is 24.3 Å². The molecule has 3 heteroatoms. The van der Waals surface area contributed by atoms with Crippen LogP contribution in [0.25, 0.3) is 0 Å². The lowest BCUT2D eigenvalue weighted by atomic mass is 10.2. The van der Waals surface area contributed by atoms with Crippen molar-refractivity contribution in [3.8, 4) is 0 Å². The van der Waals surface area contributed by atoms with Gasteiger partial charge in [-0.05, 0) is 6.07 Å². The van der Waals surface area contributed by atoms with E-state index < -0.39 is 0 Å². The van der Waals surface area contributed by atoms with Gasteiger partial charge in [-0.2, -0.15) is 4.58 Å². The van der Waals surface area contributed by atoms with Crippen molar-refractivity contribution >= 4 is 17.5 Å². The molecule has 0 radical (unpaired) electrons. The van der Waals surface area contributed by atoms with Crippen LogP contribution >= 0.6 is 11.8 Å². The molecule has 1 aliphatic rings. The predicted molar refractivity (Wildman–Crippen MR) is 39.6 cm³/mol. The van der Waals surface area contributed by atoms with E-state index >= 15 is 0 Å². The fourth-order valence-corrected chi connectivity index (χ4v) is 1.21. The van der Waals surface area contributed by atoms with Crippen molar-refractivity contribution in [3.63, 3.8) is 0 Å². The maximum absolute atomic E-state index is 5.65. The zero-order valence-corrected chi connectivity index (χ0v) is 6.01. The Bertz CT molecular complexity index is 251. The molecule has 0 N–H and O–H groups in total. The molecular formula is C7H6ClNO. The zero-order valence-electron chi connectivity index (χ0n) is 5.25. The van der Waals surface area contributed by atoms with Gasteiger partial charge in [-0.1, -0.05) is 18.2 Å². The van der Waals surface area contributed by atoms with Gasteiger partial charge in [0.1, 0.15) is 6.61 Å². The molecule has 0 fully saturated rings. The molecule has 0 spiro atoms. The van der Waals surface area contributed by atoms with Crippen LogP contribution in [-0.4, -0.2) is 0 Å². The molecule has 2 nitrogen and oxygen atoms in total. The quantitative estimate of drug-likeness (QED) is 0.532. The summed E-state index contributed by atoms with van der Waals surface area (Å²) in [6.07, 6.45) is 0. The molecule has 0 unspecified atom stereocenters. The molecule has 0 bridgehead atoms. The maximum Gasteiger partial charge on any atom is 0.104 e. The third-order valence-corrected chi connectivity index (χ3v) is 1.79. The summed E-state index contributed by atoms with van der Waals surface area (Å²) in [6, 6.07) is 7.83. The van der Waals surface area contributed by atoms with Crippen LogP contribution in [0.5, 0.6) is 0 Å². The summed E-state index contributed by atoms with van der Waals surface area (Å²) in [4.78, 5) is 5.02. The SMILES string of the molecule is ClN1OCc2ccccc21. The Morgan fingerprint density at radius 1 is 1.40 bits per heavy atom. The Morgan fingerprint density at radius 3 is 3.00 bits per heavy atom. The summed E-state index contributed by atoms with van der Waals surface area (Å²) < 4.78 is 1.27. The van der Waals surface area contributed by atoms with Gasteiger partial charge in [-0.3, -0.25) is 4.84 Å². The van der Waals surface area contributed by atoms with E-state index in [-0.39, 0.29) is 0 Å². The number of fused-ring (bicyclic) bond motifs is 1. The van der Waals surface area contributed by atoms with Crippen molar-refractivity contribution < 1.29 is 4.84 Å². The first kappa shape index (κ1) is 6.01. The molecule has 1 aromatic carbocycles. The molecule has 1 aromatic rings. The lowest BCUT2D eigenvalue weighted by Gasteiger charge is -2.03. The van der Waals surface area contributed by atoms with Gasteiger partial charge >= 0.3 is 0 Å². The average molecular weight is 156 g/mol. The summed E-state index contributed by atoms with van der Waals surface area (Å²) in [5.41, 5.74) is 2.08. The third kappa shape index (κ3) is 0.770. The van der Waals surface area contributed by atoms with Crippen LogP contribution in [-0.2, 0) is 11.4 Å². The van der Waals surface area contributed by atoms with Crippen molar-refractivity contribution in [2.24, 2.45) is 0 Å². The zero-order chi connectivity index (χ0) is 6.97. The van der Waals surface area contributed by atoms with Gasteiger partial charge in [-0.25, -0.2) is 0 Å². The highest BCUT2D eigenvalue weighted by molar-refractivity contribution is 6.24. The second kappa shape index (κ2) is 2.15. The van der Waals surface area contributed by atoms with Crippen LogP contribution in [0.3, 0.4) is 0 Å². The van der Waals surface area contributed by atoms with E-state index in [2.05, 4.69) is 0 Å². The minimum Gasteiger partial charge on any atom is -0.253 e. The smallest absolute Gasteiger partial charge is 0.104 e. The summed E-state index contributed by atoms with van der Waals surface area (Å²) >= 11 is 5.65. The van der Waals surface area contributed by atoms with Crippen LogP contribution in [0.2, 0.25) is 0 Å². The fraction of sp³-hybridized carbons (Fsp3) is 0.143. The van der Waals surface area contributed by atoms with Crippen LogP contribution in [0.1, 0.15) is 5.56 Å². The molecule has 52 valence electrons. The molecule has 0 saturated heterocycles. The highest BCUT2D eigenvalue weighted by Gasteiger charge is 2.16. The monoisotopic (exact) mass is 155 g/mol. The fourth-order valence-electron chi connectivity index (χ4n) is 1.00. The van der Waals surface area contributed by atoms with E-state index in [9.17, 15) is 0 Å². The minimum absolute atomic E-state index is 0.583. The van der Waals surface area contributed by atoms with E-state index in [1.165, 1.54) is 4.58 Å². The number of halogens is 1. The lowest BCUT2D eigenvalue weighted by Crippen LogP contribution is -2.00. The molecule has 0 aliphatic carbocycles. The molecular weight excluding hydrogens is 150 g/mol.